The highest BCUT2D eigenvalue weighted by molar-refractivity contribution is 9.08. The molecule has 1 aliphatic heterocycles. The van der Waals surface area contributed by atoms with Crippen molar-refractivity contribution in [1.82, 2.24) is 18.5 Å². The van der Waals surface area contributed by atoms with E-state index in [4.69, 9.17) is 0 Å². The summed E-state index contributed by atoms with van der Waals surface area (Å²) >= 11 is 6.91. The van der Waals surface area contributed by atoms with E-state index in [-0.39, 0.29) is 35.5 Å². The van der Waals surface area contributed by atoms with Gasteiger partial charge in [-0.15, -0.1) is 0 Å². The highest BCUT2D eigenvalue weighted by Crippen LogP contribution is 2.34. The second kappa shape index (κ2) is 8.01. The molecule has 0 radical (unpaired) electrons. The third kappa shape index (κ3) is 4.51. The number of likely N-dealkylation sites (tertiary alicyclic amines) is 1. The molecule has 4 atom stereocenters. The fraction of sp³-hybridized carbons (Fsp3) is 0.875. The zero-order valence-electron chi connectivity index (χ0n) is 14.8. The number of halogens is 2. The van der Waals surface area contributed by atoms with E-state index < -0.39 is 0 Å². The van der Waals surface area contributed by atoms with Crippen LogP contribution < -0.4 is 9.66 Å². The Morgan fingerprint density at radius 2 is 1.96 bits per heavy atom. The topological polar surface area (TPSA) is 64.7 Å². The van der Waals surface area contributed by atoms with E-state index in [1.165, 1.54) is 0 Å². The van der Waals surface area contributed by atoms with Crippen molar-refractivity contribution in [3.63, 3.8) is 0 Å². The Morgan fingerprint density at radius 1 is 1.29 bits per heavy atom. The Balaban J connectivity index is 2.12. The molecule has 0 aromatic heterocycles. The lowest BCUT2D eigenvalue weighted by molar-refractivity contribution is -0.133. The summed E-state index contributed by atoms with van der Waals surface area (Å²) in [6.45, 7) is 8.78. The van der Waals surface area contributed by atoms with Gasteiger partial charge in [-0.05, 0) is 46.5 Å². The number of hydrogen-bond donors (Lipinski definition) is 2. The Morgan fingerprint density at radius 3 is 2.46 bits per heavy atom. The van der Waals surface area contributed by atoms with Gasteiger partial charge < -0.3 is 10.2 Å². The number of rotatable bonds is 4. The Bertz CT molecular complexity index is 483. The summed E-state index contributed by atoms with van der Waals surface area (Å²) in [6, 6.07) is 0.231. The van der Waals surface area contributed by atoms with E-state index in [1.54, 1.807) is 6.92 Å². The monoisotopic (exact) mass is 466 g/mol. The second-order valence-electron chi connectivity index (χ2n) is 7.81. The molecule has 2 amide bonds. The minimum Gasteiger partial charge on any atom is -0.351 e. The van der Waals surface area contributed by atoms with E-state index in [0.717, 1.165) is 32.2 Å². The number of carbonyl (C=O) groups is 2. The van der Waals surface area contributed by atoms with Gasteiger partial charge in [0.2, 0.25) is 11.8 Å². The molecule has 2 fully saturated rings. The number of carbonyl (C=O) groups excluding carboxylic acids is 2. The smallest absolute Gasteiger partial charge is 0.240 e. The molecule has 0 bridgehead atoms. The summed E-state index contributed by atoms with van der Waals surface area (Å²) in [4.78, 5) is 26.2. The van der Waals surface area contributed by atoms with Crippen molar-refractivity contribution in [2.24, 2.45) is 0 Å². The lowest BCUT2D eigenvalue weighted by Gasteiger charge is -2.45. The predicted molar refractivity (Wildman–Crippen MR) is 102 cm³/mol. The molecule has 0 spiro atoms. The average molecular weight is 468 g/mol. The van der Waals surface area contributed by atoms with E-state index >= 15 is 0 Å². The molecule has 0 unspecified atom stereocenters. The maximum absolute atomic E-state index is 12.5. The van der Waals surface area contributed by atoms with Crippen molar-refractivity contribution in [2.45, 2.75) is 83.1 Å². The molecule has 0 aromatic carbocycles. The number of amides is 2. The first-order chi connectivity index (χ1) is 11.1. The quantitative estimate of drug-likeness (QED) is 0.622. The molecule has 138 valence electrons. The van der Waals surface area contributed by atoms with Gasteiger partial charge in [0.25, 0.3) is 0 Å². The summed E-state index contributed by atoms with van der Waals surface area (Å²) in [5.74, 6) is 0.0848. The van der Waals surface area contributed by atoms with Crippen LogP contribution in [-0.4, -0.2) is 56.9 Å². The van der Waals surface area contributed by atoms with Crippen molar-refractivity contribution in [2.75, 3.05) is 6.54 Å². The molecule has 2 aliphatic rings. The van der Waals surface area contributed by atoms with Gasteiger partial charge in [-0.3, -0.25) is 9.59 Å². The maximum Gasteiger partial charge on any atom is 0.240 e. The standard InChI is InChI=1S/C16H28Br2N4O2/c1-10(23)19-13-9-11(22(18)16(2,3)4)5-6-14(13)21-8-7-12(20-17)15(21)24/h11-14,20H,5-9H2,1-4H3,(H,19,23)/t11-,12+,13-,14+/m1/s1. The predicted octanol–water partition coefficient (Wildman–Crippen LogP) is 2.32. The number of nitrogens with zero attached hydrogens (tertiary/aromatic N) is 2. The van der Waals surface area contributed by atoms with E-state index in [0.29, 0.717) is 6.04 Å². The SMILES string of the molecule is CC(=O)N[C@@H]1C[C@H](N(Br)C(C)(C)C)CC[C@@H]1N1CC[C@H](NBr)C1=O. The van der Waals surface area contributed by atoms with Gasteiger partial charge in [0.05, 0.1) is 18.1 Å². The van der Waals surface area contributed by atoms with Crippen LogP contribution in [0.5, 0.6) is 0 Å². The first-order valence-electron chi connectivity index (χ1n) is 8.54. The third-order valence-corrected chi connectivity index (χ3v) is 7.10. The van der Waals surface area contributed by atoms with Gasteiger partial charge in [0, 0.05) is 57.3 Å². The van der Waals surface area contributed by atoms with Crippen LogP contribution in [0.3, 0.4) is 0 Å². The molecule has 8 heteroatoms. The summed E-state index contributed by atoms with van der Waals surface area (Å²) < 4.78 is 5.11. The third-order valence-electron chi connectivity index (χ3n) is 4.91. The van der Waals surface area contributed by atoms with Crippen LogP contribution in [0.4, 0.5) is 0 Å². The van der Waals surface area contributed by atoms with Gasteiger partial charge in [-0.25, -0.2) is 8.27 Å². The van der Waals surface area contributed by atoms with Gasteiger partial charge >= 0.3 is 0 Å². The zero-order valence-corrected chi connectivity index (χ0v) is 18.0. The number of nitrogens with one attached hydrogen (secondary N) is 2. The van der Waals surface area contributed by atoms with E-state index in [1.807, 2.05) is 4.90 Å². The van der Waals surface area contributed by atoms with E-state index in [2.05, 4.69) is 66.7 Å². The van der Waals surface area contributed by atoms with Gasteiger partial charge in [0.15, 0.2) is 0 Å². The van der Waals surface area contributed by atoms with Gasteiger partial charge in [-0.1, -0.05) is 0 Å². The molecule has 1 aliphatic carbocycles. The Kier molecular flexibility index (Phi) is 6.72. The van der Waals surface area contributed by atoms with Crippen LogP contribution in [0.1, 0.15) is 53.4 Å². The Hall–Kier alpha value is -0.180. The van der Waals surface area contributed by atoms with Crippen molar-refractivity contribution in [1.29, 1.82) is 0 Å². The molecule has 0 aromatic rings. The average Bonchev–Trinajstić information content (AvgIpc) is 2.85. The summed E-state index contributed by atoms with van der Waals surface area (Å²) in [7, 11) is 0. The molecule has 6 nitrogen and oxygen atoms in total. The van der Waals surface area contributed by atoms with Crippen LogP contribution >= 0.6 is 32.3 Å². The van der Waals surface area contributed by atoms with Crippen LogP contribution in [-0.2, 0) is 9.59 Å². The lowest BCUT2D eigenvalue weighted by Crippen LogP contribution is -2.58. The van der Waals surface area contributed by atoms with Crippen LogP contribution in [0, 0.1) is 0 Å². The maximum atomic E-state index is 12.5. The minimum absolute atomic E-state index is 0.00667. The van der Waals surface area contributed by atoms with E-state index in [9.17, 15) is 9.59 Å². The molecule has 1 saturated carbocycles. The molecule has 24 heavy (non-hydrogen) atoms. The molecular formula is C16H28Br2N4O2. The molecule has 1 heterocycles. The second-order valence-corrected chi connectivity index (χ2v) is 9.03. The molecule has 2 N–H and O–H groups in total. The fourth-order valence-electron chi connectivity index (χ4n) is 3.81. The van der Waals surface area contributed by atoms with Crippen LogP contribution in [0.15, 0.2) is 0 Å². The van der Waals surface area contributed by atoms with Crippen molar-refractivity contribution < 1.29 is 9.59 Å². The summed E-state index contributed by atoms with van der Waals surface area (Å²) in [5.41, 5.74) is 0.00667. The Labute approximate surface area is 161 Å². The molecular weight excluding hydrogens is 440 g/mol. The lowest BCUT2D eigenvalue weighted by atomic mass is 9.84. The first kappa shape index (κ1) is 20.1. The fourth-order valence-corrected chi connectivity index (χ4v) is 4.60. The summed E-state index contributed by atoms with van der Waals surface area (Å²) in [6.07, 6.45) is 3.53. The van der Waals surface area contributed by atoms with Gasteiger partial charge in [-0.2, -0.15) is 0 Å². The summed E-state index contributed by atoms with van der Waals surface area (Å²) in [5, 5.41) is 3.09. The van der Waals surface area contributed by atoms with Crippen molar-refractivity contribution >= 4 is 44.1 Å². The van der Waals surface area contributed by atoms with Crippen molar-refractivity contribution in [3.05, 3.63) is 0 Å². The minimum atomic E-state index is -0.164. The van der Waals surface area contributed by atoms with Gasteiger partial charge in [0.1, 0.15) is 0 Å². The number of hydrogen-bond acceptors (Lipinski definition) is 4. The highest BCUT2D eigenvalue weighted by atomic mass is 79.9. The molecule has 2 rings (SSSR count). The zero-order chi connectivity index (χ0) is 18.1. The highest BCUT2D eigenvalue weighted by Gasteiger charge is 2.43. The van der Waals surface area contributed by atoms with Crippen LogP contribution in [0.25, 0.3) is 0 Å². The largest absolute Gasteiger partial charge is 0.351 e. The normalized spacial score (nSPS) is 31.6. The first-order valence-corrected chi connectivity index (χ1v) is 10.0. The molecule has 1 saturated heterocycles. The van der Waals surface area contributed by atoms with Crippen molar-refractivity contribution in [3.8, 4) is 0 Å². The van der Waals surface area contributed by atoms with Crippen LogP contribution in [0.2, 0.25) is 0 Å².